The number of cyclic esters (lactones) is 1. The fourth-order valence-corrected chi connectivity index (χ4v) is 6.04. The van der Waals surface area contributed by atoms with E-state index in [0.29, 0.717) is 17.4 Å². The Morgan fingerprint density at radius 1 is 1.13 bits per heavy atom. The van der Waals surface area contributed by atoms with E-state index < -0.39 is 54.0 Å². The van der Waals surface area contributed by atoms with Crippen LogP contribution in [0.4, 0.5) is 4.79 Å². The summed E-state index contributed by atoms with van der Waals surface area (Å²) in [4.78, 5) is 36.1. The number of esters is 2. The molecule has 1 fully saturated rings. The molecule has 0 radical (unpaired) electrons. The molecule has 0 amide bonds. The van der Waals surface area contributed by atoms with Gasteiger partial charge >= 0.3 is 47.6 Å². The Labute approximate surface area is 330 Å². The maximum atomic E-state index is 13.1. The first-order valence-electron chi connectivity index (χ1n) is 16.8. The Kier molecular flexibility index (Phi) is 12.5. The van der Waals surface area contributed by atoms with E-state index in [2.05, 4.69) is 20.1 Å². The molecule has 280 valence electrons. The van der Waals surface area contributed by atoms with E-state index in [1.54, 1.807) is 31.5 Å². The zero-order valence-corrected chi connectivity index (χ0v) is 32.5. The summed E-state index contributed by atoms with van der Waals surface area (Å²) in [6, 6.07) is 13.3. The van der Waals surface area contributed by atoms with Crippen LogP contribution in [0.3, 0.4) is 0 Å². The molecule has 0 spiro atoms. The van der Waals surface area contributed by atoms with Crippen LogP contribution in [0, 0.1) is 0 Å². The standard InChI is InChI=1S/C30H32N6O5.C6H8O6.Na/c1-30(2,3)41-29(38)35-25-14-19(11-12-20(25)15-26(35)28(37)39-4)17-34-18-23(32-33-34)21-8-7-9-24-22(21)16-31-36(24)27-10-5-6-13-40-27;7-1-2(8)5-3(9)4(10)6(11)12-5;/h7-9,11-12,14-16,18,27H,5-6,10,13,17H2,1-4H3;2,5,7-10H,1H2;/q;;+1/p-1/t;2-,5+;/m.0./s1. The van der Waals surface area contributed by atoms with Crippen LogP contribution in [-0.4, -0.2) is 101 Å². The molecular weight excluding hydrogens is 715 g/mol. The van der Waals surface area contributed by atoms with Crippen LogP contribution in [-0.2, 0) is 30.3 Å². The zero-order valence-electron chi connectivity index (χ0n) is 30.5. The molecule has 0 aliphatic carbocycles. The molecule has 3 aromatic heterocycles. The van der Waals surface area contributed by atoms with Crippen LogP contribution in [0.2, 0.25) is 0 Å². The van der Waals surface area contributed by atoms with E-state index in [1.807, 2.05) is 53.5 Å². The minimum Gasteiger partial charge on any atom is -0.870 e. The first-order chi connectivity index (χ1) is 25.3. The van der Waals surface area contributed by atoms with Crippen molar-refractivity contribution in [3.63, 3.8) is 0 Å². The van der Waals surface area contributed by atoms with Gasteiger partial charge < -0.3 is 39.4 Å². The fraction of sp³-hybridized carbons (Fsp3) is 0.389. The number of hydrogen-bond donors (Lipinski definition) is 3. The third-order valence-corrected chi connectivity index (χ3v) is 8.52. The number of fused-ring (bicyclic) bond motifs is 2. The third kappa shape index (κ3) is 8.46. The van der Waals surface area contributed by atoms with E-state index in [4.69, 9.17) is 29.5 Å². The van der Waals surface area contributed by atoms with Gasteiger partial charge in [0.05, 0.1) is 43.7 Å². The maximum absolute atomic E-state index is 13.1. The SMILES string of the molecule is COC(=O)c1cc2ccc(Cn3cc(-c4cccc5c4cnn5C4CCCCO4)nn3)cc2n1C(=O)OC(C)(C)C.O=C1O[C@H]([C@@H](O)CO)C([O-])=C1O.[Na+]. The van der Waals surface area contributed by atoms with Crippen molar-refractivity contribution < 1.29 is 83.3 Å². The van der Waals surface area contributed by atoms with Gasteiger partial charge in [0.25, 0.3) is 0 Å². The molecular formula is C36H39N6NaO11. The summed E-state index contributed by atoms with van der Waals surface area (Å²) < 4.78 is 25.7. The van der Waals surface area contributed by atoms with Gasteiger partial charge in [-0.3, -0.25) is 0 Å². The largest absolute Gasteiger partial charge is 1.00 e. The molecule has 0 bridgehead atoms. The van der Waals surface area contributed by atoms with E-state index in [0.717, 1.165) is 53.6 Å². The average molecular weight is 755 g/mol. The molecule has 18 heteroatoms. The number of hydrogen-bond acceptors (Lipinski definition) is 14. The van der Waals surface area contributed by atoms with Gasteiger partial charge in [-0.15, -0.1) is 5.10 Å². The minimum absolute atomic E-state index is 0. The van der Waals surface area contributed by atoms with Crippen LogP contribution in [0.5, 0.6) is 0 Å². The number of aliphatic hydroxyl groups excluding tert-OH is 3. The molecule has 17 nitrogen and oxygen atoms in total. The van der Waals surface area contributed by atoms with Crippen molar-refractivity contribution in [3.05, 3.63) is 77.6 Å². The summed E-state index contributed by atoms with van der Waals surface area (Å²) in [5, 5.41) is 51.9. The Bertz CT molecular complexity index is 2200. The first-order valence-corrected chi connectivity index (χ1v) is 16.8. The van der Waals surface area contributed by atoms with Crippen molar-refractivity contribution in [2.24, 2.45) is 0 Å². The quantitative estimate of drug-likeness (QED) is 0.113. The smallest absolute Gasteiger partial charge is 0.870 e. The molecule has 0 saturated carbocycles. The Hall–Kier alpha value is -4.78. The van der Waals surface area contributed by atoms with Crippen molar-refractivity contribution in [1.82, 2.24) is 29.3 Å². The van der Waals surface area contributed by atoms with Crippen molar-refractivity contribution in [1.29, 1.82) is 0 Å². The van der Waals surface area contributed by atoms with E-state index >= 15 is 0 Å². The fourth-order valence-electron chi connectivity index (χ4n) is 6.04. The van der Waals surface area contributed by atoms with Gasteiger partial charge in [-0.25, -0.2) is 28.3 Å². The van der Waals surface area contributed by atoms with Crippen LogP contribution in [0.1, 0.15) is 62.3 Å². The van der Waals surface area contributed by atoms with Crippen LogP contribution < -0.4 is 34.7 Å². The number of methoxy groups -OCH3 is 1. The van der Waals surface area contributed by atoms with Gasteiger partial charge in [0, 0.05) is 22.9 Å². The molecule has 2 aliphatic rings. The number of rotatable bonds is 7. The van der Waals surface area contributed by atoms with E-state index in [9.17, 15) is 19.5 Å². The van der Waals surface area contributed by atoms with Crippen LogP contribution in [0.15, 0.2) is 66.4 Å². The second kappa shape index (κ2) is 16.7. The summed E-state index contributed by atoms with van der Waals surface area (Å²) in [7, 11) is 1.28. The van der Waals surface area contributed by atoms with Crippen molar-refractivity contribution >= 4 is 39.8 Å². The Balaban J connectivity index is 0.000000370. The minimum atomic E-state index is -1.48. The average Bonchev–Trinajstić information content (AvgIpc) is 3.93. The predicted octanol–water partition coefficient (Wildman–Crippen LogP) is -0.0344. The van der Waals surface area contributed by atoms with Crippen molar-refractivity contribution in [2.75, 3.05) is 20.3 Å². The van der Waals surface area contributed by atoms with Gasteiger partial charge in [0.2, 0.25) is 0 Å². The van der Waals surface area contributed by atoms with Crippen molar-refractivity contribution in [2.45, 2.75) is 70.6 Å². The number of aliphatic hydroxyl groups is 3. The number of aromatic nitrogens is 6. The molecule has 2 aliphatic heterocycles. The topological polar surface area (TPSA) is 225 Å². The Morgan fingerprint density at radius 2 is 1.91 bits per heavy atom. The number of benzene rings is 2. The third-order valence-electron chi connectivity index (χ3n) is 8.52. The van der Waals surface area contributed by atoms with Crippen LogP contribution in [0.25, 0.3) is 33.1 Å². The molecule has 1 saturated heterocycles. The predicted molar refractivity (Wildman–Crippen MR) is 184 cm³/mol. The molecule has 5 heterocycles. The number of ether oxygens (including phenoxy) is 4. The molecule has 3 atom stereocenters. The second-order valence-corrected chi connectivity index (χ2v) is 13.5. The van der Waals surface area contributed by atoms with Gasteiger partial charge in [-0.1, -0.05) is 29.5 Å². The molecule has 3 N–H and O–H groups in total. The monoisotopic (exact) mass is 754 g/mol. The summed E-state index contributed by atoms with van der Waals surface area (Å²) >= 11 is 0. The zero-order chi connectivity index (χ0) is 38.0. The maximum Gasteiger partial charge on any atom is 1.00 e. The molecule has 7 rings (SSSR count). The summed E-state index contributed by atoms with van der Waals surface area (Å²) in [6.07, 6.45) is 3.24. The Morgan fingerprint density at radius 3 is 2.56 bits per heavy atom. The van der Waals surface area contributed by atoms with Gasteiger partial charge in [0.1, 0.15) is 29.2 Å². The van der Waals surface area contributed by atoms with Gasteiger partial charge in [-0.2, -0.15) is 5.10 Å². The first kappa shape index (κ1) is 40.4. The number of nitrogens with zero attached hydrogens (tertiary/aromatic N) is 6. The normalized spacial score (nSPS) is 17.8. The van der Waals surface area contributed by atoms with Crippen LogP contribution >= 0.6 is 0 Å². The molecule has 5 aromatic rings. The van der Waals surface area contributed by atoms with Gasteiger partial charge in [-0.05, 0) is 69.6 Å². The summed E-state index contributed by atoms with van der Waals surface area (Å²) in [5.41, 5.74) is 3.44. The summed E-state index contributed by atoms with van der Waals surface area (Å²) in [5.74, 6) is -3.83. The molecule has 1 unspecified atom stereocenters. The van der Waals surface area contributed by atoms with E-state index in [1.165, 1.54) is 11.7 Å². The summed E-state index contributed by atoms with van der Waals surface area (Å²) in [6.45, 7) is 5.77. The molecule has 54 heavy (non-hydrogen) atoms. The molecule has 2 aromatic carbocycles. The van der Waals surface area contributed by atoms with E-state index in [-0.39, 0.29) is 41.5 Å². The number of carbonyl (C=O) groups excluding carboxylic acids is 3. The van der Waals surface area contributed by atoms with Gasteiger partial charge in [0.15, 0.2) is 12.0 Å². The second-order valence-electron chi connectivity index (χ2n) is 13.5. The number of carbonyl (C=O) groups is 3. The van der Waals surface area contributed by atoms with Crippen molar-refractivity contribution in [3.8, 4) is 11.3 Å².